The van der Waals surface area contributed by atoms with Crippen LogP contribution in [0.2, 0.25) is 0 Å². The molecule has 0 spiro atoms. The second-order valence-corrected chi connectivity index (χ2v) is 3.80. The van der Waals surface area contributed by atoms with Crippen molar-refractivity contribution >= 4 is 21.6 Å². The van der Waals surface area contributed by atoms with Gasteiger partial charge in [0.05, 0.1) is 12.8 Å². The molecule has 2 nitrogen and oxygen atoms in total. The number of allylic oxidation sites excluding steroid dienone is 2. The fourth-order valence-electron chi connectivity index (χ4n) is 1.01. The summed E-state index contributed by atoms with van der Waals surface area (Å²) in [5.74, 6) is 0.848. The van der Waals surface area contributed by atoms with Crippen LogP contribution in [0.25, 0.3) is 0 Å². The van der Waals surface area contributed by atoms with Crippen LogP contribution >= 0.6 is 15.9 Å². The van der Waals surface area contributed by atoms with Crippen LogP contribution in [0, 0.1) is 0 Å². The average Bonchev–Trinajstić information content (AvgIpc) is 2.20. The Kier molecular flexibility index (Phi) is 4.01. The molecule has 14 heavy (non-hydrogen) atoms. The van der Waals surface area contributed by atoms with Crippen LogP contribution in [0.5, 0.6) is 5.75 Å². The minimum absolute atomic E-state index is 0.848. The van der Waals surface area contributed by atoms with Crippen LogP contribution in [0.4, 0.5) is 5.69 Å². The first-order valence-electron chi connectivity index (χ1n) is 4.41. The Morgan fingerprint density at radius 2 is 2.21 bits per heavy atom. The largest absolute Gasteiger partial charge is 0.497 e. The highest BCUT2D eigenvalue weighted by Crippen LogP contribution is 2.27. The van der Waals surface area contributed by atoms with E-state index in [0.29, 0.717) is 0 Å². The third-order valence-electron chi connectivity index (χ3n) is 1.94. The molecule has 0 aliphatic carbocycles. The Hall–Kier alpha value is -0.960. The number of methoxy groups -OCH3 is 1. The number of hydrogen-bond acceptors (Lipinski definition) is 2. The van der Waals surface area contributed by atoms with E-state index in [1.165, 1.54) is 0 Å². The summed E-state index contributed by atoms with van der Waals surface area (Å²) < 4.78 is 6.11. The lowest BCUT2D eigenvalue weighted by Gasteiger charge is -2.09. The second-order valence-electron chi connectivity index (χ2n) is 2.94. The van der Waals surface area contributed by atoms with Gasteiger partial charge in [0, 0.05) is 10.2 Å². The summed E-state index contributed by atoms with van der Waals surface area (Å²) in [6, 6.07) is 5.84. The summed E-state index contributed by atoms with van der Waals surface area (Å²) in [5, 5.41) is 3.27. The maximum absolute atomic E-state index is 5.11. The topological polar surface area (TPSA) is 21.3 Å². The van der Waals surface area contributed by atoms with Crippen molar-refractivity contribution in [2.75, 3.05) is 12.4 Å². The van der Waals surface area contributed by atoms with Gasteiger partial charge in [-0.05, 0) is 48.0 Å². The normalized spacial score (nSPS) is 11.3. The molecule has 0 aliphatic heterocycles. The van der Waals surface area contributed by atoms with Crippen molar-refractivity contribution in [1.29, 1.82) is 0 Å². The molecule has 0 heterocycles. The average molecular weight is 256 g/mol. The monoisotopic (exact) mass is 255 g/mol. The van der Waals surface area contributed by atoms with Gasteiger partial charge < -0.3 is 10.1 Å². The highest BCUT2D eigenvalue weighted by molar-refractivity contribution is 9.10. The number of nitrogens with one attached hydrogen (secondary N) is 1. The second kappa shape index (κ2) is 5.05. The van der Waals surface area contributed by atoms with Gasteiger partial charge in [0.15, 0.2) is 0 Å². The fourth-order valence-corrected chi connectivity index (χ4v) is 1.47. The minimum Gasteiger partial charge on any atom is -0.497 e. The number of benzene rings is 1. The number of anilines is 1. The summed E-state index contributed by atoms with van der Waals surface area (Å²) in [6.07, 6.45) is 2.02. The zero-order chi connectivity index (χ0) is 10.6. The van der Waals surface area contributed by atoms with Gasteiger partial charge in [0.25, 0.3) is 0 Å². The number of ether oxygens (including phenoxy) is 1. The quantitative estimate of drug-likeness (QED) is 0.888. The minimum atomic E-state index is 0.848. The maximum Gasteiger partial charge on any atom is 0.120 e. The standard InChI is InChI=1S/C11H14BrNO/c1-4-8(2)13-11-6-5-9(14-3)7-10(11)12/h4-7,13H,1-3H3. The zero-order valence-electron chi connectivity index (χ0n) is 8.60. The van der Waals surface area contributed by atoms with Crippen molar-refractivity contribution in [3.8, 4) is 5.75 Å². The first-order valence-corrected chi connectivity index (χ1v) is 5.20. The lowest BCUT2D eigenvalue weighted by atomic mass is 10.3. The van der Waals surface area contributed by atoms with Gasteiger partial charge in [-0.3, -0.25) is 0 Å². The molecule has 1 N–H and O–H groups in total. The lowest BCUT2D eigenvalue weighted by Crippen LogP contribution is -1.96. The number of hydrogen-bond donors (Lipinski definition) is 1. The fraction of sp³-hybridized carbons (Fsp3) is 0.273. The molecule has 76 valence electrons. The summed E-state index contributed by atoms with van der Waals surface area (Å²) in [5.41, 5.74) is 2.16. The third kappa shape index (κ3) is 2.77. The van der Waals surface area contributed by atoms with Crippen molar-refractivity contribution in [3.63, 3.8) is 0 Å². The SMILES string of the molecule is CC=C(C)Nc1ccc(OC)cc1Br. The lowest BCUT2D eigenvalue weighted by molar-refractivity contribution is 0.414. The van der Waals surface area contributed by atoms with Crippen molar-refractivity contribution in [3.05, 3.63) is 34.4 Å². The molecule has 0 fully saturated rings. The Morgan fingerprint density at radius 3 is 2.71 bits per heavy atom. The van der Waals surface area contributed by atoms with Gasteiger partial charge in [-0.1, -0.05) is 6.08 Å². The molecule has 0 atom stereocenters. The molecule has 0 aromatic heterocycles. The molecule has 0 radical (unpaired) electrons. The highest BCUT2D eigenvalue weighted by Gasteiger charge is 2.00. The summed E-state index contributed by atoms with van der Waals surface area (Å²) in [6.45, 7) is 4.02. The maximum atomic E-state index is 5.11. The van der Waals surface area contributed by atoms with Crippen molar-refractivity contribution < 1.29 is 4.74 Å². The first-order chi connectivity index (χ1) is 6.67. The van der Waals surface area contributed by atoms with Crippen LogP contribution in [0.3, 0.4) is 0 Å². The smallest absolute Gasteiger partial charge is 0.120 e. The molecule has 0 bridgehead atoms. The molecule has 0 unspecified atom stereocenters. The van der Waals surface area contributed by atoms with E-state index in [1.54, 1.807) is 7.11 Å². The molecule has 0 saturated heterocycles. The predicted molar refractivity (Wildman–Crippen MR) is 63.7 cm³/mol. The molecule has 1 rings (SSSR count). The summed E-state index contributed by atoms with van der Waals surface area (Å²) >= 11 is 3.48. The zero-order valence-corrected chi connectivity index (χ0v) is 10.2. The van der Waals surface area contributed by atoms with Gasteiger partial charge in [-0.2, -0.15) is 0 Å². The van der Waals surface area contributed by atoms with E-state index in [4.69, 9.17) is 4.74 Å². The molecule has 3 heteroatoms. The Balaban J connectivity index is 2.89. The Bertz CT molecular complexity index is 347. The third-order valence-corrected chi connectivity index (χ3v) is 2.60. The summed E-state index contributed by atoms with van der Waals surface area (Å²) in [4.78, 5) is 0. The summed E-state index contributed by atoms with van der Waals surface area (Å²) in [7, 11) is 1.66. The van der Waals surface area contributed by atoms with Crippen LogP contribution in [-0.4, -0.2) is 7.11 Å². The van der Waals surface area contributed by atoms with Crippen LogP contribution in [0.15, 0.2) is 34.4 Å². The van der Waals surface area contributed by atoms with Crippen LogP contribution in [-0.2, 0) is 0 Å². The van der Waals surface area contributed by atoms with E-state index in [2.05, 4.69) is 21.2 Å². The van der Waals surface area contributed by atoms with E-state index in [9.17, 15) is 0 Å². The van der Waals surface area contributed by atoms with Gasteiger partial charge in [-0.15, -0.1) is 0 Å². The molecule has 0 saturated carbocycles. The number of rotatable bonds is 3. The first kappa shape index (κ1) is 11.1. The molecular formula is C11H14BrNO. The van der Waals surface area contributed by atoms with Gasteiger partial charge in [0.1, 0.15) is 5.75 Å². The van der Waals surface area contributed by atoms with E-state index < -0.39 is 0 Å². The predicted octanol–water partition coefficient (Wildman–Crippen LogP) is 3.79. The molecule has 0 amide bonds. The molecular weight excluding hydrogens is 242 g/mol. The van der Waals surface area contributed by atoms with Gasteiger partial charge in [-0.25, -0.2) is 0 Å². The number of halogens is 1. The van der Waals surface area contributed by atoms with Gasteiger partial charge in [0.2, 0.25) is 0 Å². The van der Waals surface area contributed by atoms with Crippen molar-refractivity contribution in [2.45, 2.75) is 13.8 Å². The van der Waals surface area contributed by atoms with Crippen LogP contribution in [0.1, 0.15) is 13.8 Å². The van der Waals surface area contributed by atoms with E-state index in [-0.39, 0.29) is 0 Å². The molecule has 1 aromatic carbocycles. The Morgan fingerprint density at radius 1 is 1.50 bits per heavy atom. The van der Waals surface area contributed by atoms with Crippen LogP contribution < -0.4 is 10.1 Å². The molecule has 1 aromatic rings. The molecule has 0 aliphatic rings. The highest BCUT2D eigenvalue weighted by atomic mass is 79.9. The van der Waals surface area contributed by atoms with Crippen molar-refractivity contribution in [2.24, 2.45) is 0 Å². The van der Waals surface area contributed by atoms with E-state index in [0.717, 1.165) is 21.6 Å². The van der Waals surface area contributed by atoms with E-state index in [1.807, 2.05) is 38.1 Å². The van der Waals surface area contributed by atoms with Gasteiger partial charge >= 0.3 is 0 Å². The van der Waals surface area contributed by atoms with Crippen molar-refractivity contribution in [1.82, 2.24) is 0 Å². The Labute approximate surface area is 93.1 Å². The van der Waals surface area contributed by atoms with E-state index >= 15 is 0 Å².